The fourth-order valence-electron chi connectivity index (χ4n) is 8.57. The number of fused-ring (bicyclic) bond motifs is 4. The molecule has 0 N–H and O–H groups in total. The quantitative estimate of drug-likeness (QED) is 0.107. The predicted octanol–water partition coefficient (Wildman–Crippen LogP) is 14.5. The Morgan fingerprint density at radius 2 is 1.32 bits per heavy atom. The molecule has 0 saturated carbocycles. The van der Waals surface area contributed by atoms with Crippen LogP contribution >= 0.6 is 0 Å². The number of para-hydroxylation sites is 3. The number of pyridine rings is 1. The molecule has 0 atom stereocenters. The van der Waals surface area contributed by atoms with Crippen molar-refractivity contribution in [2.75, 3.05) is 0 Å². The number of hydrogen-bond donors (Lipinski definition) is 0. The Morgan fingerprint density at radius 3 is 2.03 bits per heavy atom. The Morgan fingerprint density at radius 1 is 0.636 bits per heavy atom. The number of imidazole rings is 1. The second kappa shape index (κ2) is 17.6. The van der Waals surface area contributed by atoms with Gasteiger partial charge >= 0.3 is 0 Å². The normalized spacial score (nSPS) is 13.7. The molecule has 0 spiro atoms. The van der Waals surface area contributed by atoms with E-state index < -0.39 is 60.4 Å². The van der Waals surface area contributed by atoms with E-state index in [0.29, 0.717) is 28.2 Å². The van der Waals surface area contributed by atoms with Crippen molar-refractivity contribution in [3.8, 4) is 62.1 Å². The molecule has 0 saturated heterocycles. The summed E-state index contributed by atoms with van der Waals surface area (Å²) in [5, 5.41) is 2.05. The van der Waals surface area contributed by atoms with Crippen molar-refractivity contribution < 1.29 is 44.1 Å². The predicted molar refractivity (Wildman–Crippen MR) is 264 cm³/mol. The van der Waals surface area contributed by atoms with Gasteiger partial charge in [-0.3, -0.25) is 4.57 Å². The third-order valence-corrected chi connectivity index (χ3v) is 11.8. The zero-order valence-corrected chi connectivity index (χ0v) is 38.7. The summed E-state index contributed by atoms with van der Waals surface area (Å²) in [4.78, 5) is 5.07. The average molecular weight is 1040 g/mol. The number of aryl methyl sites for hydroxylation is 1. The summed E-state index contributed by atoms with van der Waals surface area (Å²) in [6.07, 6.45) is 6.16. The molecule has 0 unspecified atom stereocenters. The van der Waals surface area contributed by atoms with E-state index in [1.54, 1.807) is 33.4 Å². The molecular weight excluding hydrogens is 988 g/mol. The first-order chi connectivity index (χ1) is 36.0. The van der Waals surface area contributed by atoms with E-state index in [9.17, 15) is 0 Å². The smallest absolute Gasteiger partial charge is 0.268 e. The van der Waals surface area contributed by atoms with Crippen LogP contribution in [0.15, 0.2) is 194 Å². The summed E-state index contributed by atoms with van der Waals surface area (Å²) < 4.78 is 99.3. The van der Waals surface area contributed by atoms with E-state index >= 15 is 0 Å². The van der Waals surface area contributed by atoms with Crippen LogP contribution in [0.3, 0.4) is 0 Å². The van der Waals surface area contributed by atoms with E-state index in [2.05, 4.69) is 87.1 Å². The van der Waals surface area contributed by atoms with E-state index in [0.717, 1.165) is 50.7 Å². The summed E-state index contributed by atoms with van der Waals surface area (Å²) in [6.45, 7) is 8.75. The zero-order valence-electron chi connectivity index (χ0n) is 46.4. The van der Waals surface area contributed by atoms with Gasteiger partial charge in [-0.1, -0.05) is 179 Å². The van der Waals surface area contributed by atoms with E-state index in [-0.39, 0.29) is 54.4 Å². The standard InChI is InChI=1S/C60H46N4O.Pt/c1-5-41-35-58(61-39-53(41)44-23-13-8-14-24-44)64-54-34-31-45(60(2,3)4)36-52(54)51-33-32-48(38-57(51)64)65-47-26-17-25-46(37-47)62-40-63(56-30-16-15-29-55(56)62)59-49(42-19-9-6-10-20-42)27-18-28-50(59)43-21-11-7-12-22-43;/h6-36,39H,5H2,1-4H3;/q-2;/i6D,7D,9D,10D,11D,12D,19D,20D,21D,22D;. The minimum Gasteiger partial charge on any atom is -0.510 e. The Labute approximate surface area is 414 Å². The fourth-order valence-corrected chi connectivity index (χ4v) is 8.57. The van der Waals surface area contributed by atoms with Crippen molar-refractivity contribution in [2.24, 2.45) is 0 Å². The molecule has 11 rings (SSSR count). The van der Waals surface area contributed by atoms with Crippen molar-refractivity contribution in [3.05, 3.63) is 224 Å². The summed E-state index contributed by atoms with van der Waals surface area (Å²) >= 11 is 0. The topological polar surface area (TPSA) is 35.9 Å². The summed E-state index contributed by atoms with van der Waals surface area (Å²) in [6, 6.07) is 42.2. The first-order valence-corrected chi connectivity index (χ1v) is 21.5. The van der Waals surface area contributed by atoms with Crippen LogP contribution in [0, 0.1) is 18.5 Å². The maximum absolute atomic E-state index is 9.04. The molecular formula is C60H46N4OPt-2. The van der Waals surface area contributed by atoms with Crippen LogP contribution in [-0.2, 0) is 32.9 Å². The van der Waals surface area contributed by atoms with Gasteiger partial charge in [0.25, 0.3) is 6.33 Å². The molecule has 6 heteroatoms. The third-order valence-electron chi connectivity index (χ3n) is 11.8. The minimum absolute atomic E-state index is 0. The van der Waals surface area contributed by atoms with Crippen LogP contribution in [0.2, 0.25) is 0 Å². The van der Waals surface area contributed by atoms with Gasteiger partial charge in [0.15, 0.2) is 0 Å². The van der Waals surface area contributed by atoms with Crippen LogP contribution in [0.1, 0.15) is 52.5 Å². The van der Waals surface area contributed by atoms with Crippen LogP contribution in [0.25, 0.3) is 83.4 Å². The largest absolute Gasteiger partial charge is 0.510 e. The summed E-state index contributed by atoms with van der Waals surface area (Å²) in [5.74, 6) is 1.54. The van der Waals surface area contributed by atoms with E-state index in [1.165, 1.54) is 5.56 Å². The molecule has 11 aromatic rings. The second-order valence-electron chi connectivity index (χ2n) is 16.8. The molecule has 8 aromatic carbocycles. The molecule has 0 radical (unpaired) electrons. The van der Waals surface area contributed by atoms with Crippen molar-refractivity contribution in [3.63, 3.8) is 0 Å². The number of hydrogen-bond acceptors (Lipinski definition) is 2. The molecule has 324 valence electrons. The van der Waals surface area contributed by atoms with Crippen LogP contribution in [-0.4, -0.2) is 14.1 Å². The van der Waals surface area contributed by atoms with Gasteiger partial charge in [0, 0.05) is 49.8 Å². The molecule has 0 aliphatic carbocycles. The van der Waals surface area contributed by atoms with Crippen molar-refractivity contribution in [2.45, 2.75) is 39.5 Å². The van der Waals surface area contributed by atoms with Gasteiger partial charge in [0.05, 0.1) is 30.4 Å². The maximum Gasteiger partial charge on any atom is 0.268 e. The molecule has 0 fully saturated rings. The van der Waals surface area contributed by atoms with Crippen LogP contribution in [0.5, 0.6) is 11.5 Å². The van der Waals surface area contributed by atoms with E-state index in [4.69, 9.17) is 23.4 Å². The maximum atomic E-state index is 9.04. The average Bonchev–Trinajstić information content (AvgIpc) is 3.97. The third kappa shape index (κ3) is 7.74. The van der Waals surface area contributed by atoms with Gasteiger partial charge in [-0.2, -0.15) is 18.2 Å². The van der Waals surface area contributed by atoms with Gasteiger partial charge in [0.1, 0.15) is 5.82 Å². The second-order valence-corrected chi connectivity index (χ2v) is 16.8. The van der Waals surface area contributed by atoms with Crippen molar-refractivity contribution >= 4 is 32.8 Å². The van der Waals surface area contributed by atoms with Crippen molar-refractivity contribution in [1.29, 1.82) is 0 Å². The zero-order chi connectivity index (χ0) is 52.8. The molecule has 3 heterocycles. The fraction of sp³-hybridized carbons (Fsp3) is 0.100. The molecule has 0 amide bonds. The summed E-state index contributed by atoms with van der Waals surface area (Å²) in [5.41, 5.74) is 8.01. The Bertz CT molecular complexity index is 4000. The van der Waals surface area contributed by atoms with Crippen LogP contribution in [0.4, 0.5) is 0 Å². The van der Waals surface area contributed by atoms with Gasteiger partial charge in [-0.25, -0.2) is 4.98 Å². The molecule has 5 nitrogen and oxygen atoms in total. The number of nitrogens with zero attached hydrogens (tertiary/aromatic N) is 4. The minimum atomic E-state index is -0.573. The molecule has 3 aromatic heterocycles. The first kappa shape index (κ1) is 32.3. The van der Waals surface area contributed by atoms with Gasteiger partial charge in [-0.15, -0.1) is 29.7 Å². The van der Waals surface area contributed by atoms with Gasteiger partial charge in [-0.05, 0) is 74.0 Å². The number of benzene rings is 8. The molecule has 66 heavy (non-hydrogen) atoms. The number of ether oxygens (including phenoxy) is 1. The monoisotopic (exact) mass is 1040 g/mol. The number of rotatable bonds is 9. The molecule has 0 aliphatic heterocycles. The van der Waals surface area contributed by atoms with Crippen molar-refractivity contribution in [1.82, 2.24) is 14.1 Å². The van der Waals surface area contributed by atoms with Crippen LogP contribution < -0.4 is 9.30 Å². The number of aromatic nitrogens is 4. The Hall–Kier alpha value is -7.33. The first-order valence-electron chi connectivity index (χ1n) is 26.5. The van der Waals surface area contributed by atoms with E-state index in [1.807, 2.05) is 72.9 Å². The Balaban J connectivity index is 0.00000657. The summed E-state index contributed by atoms with van der Waals surface area (Å²) in [7, 11) is 0. The van der Waals surface area contributed by atoms with Gasteiger partial charge in [0.2, 0.25) is 0 Å². The molecule has 0 bridgehead atoms. The van der Waals surface area contributed by atoms with Gasteiger partial charge < -0.3 is 13.9 Å². The Kier molecular flexibility index (Phi) is 8.61. The SMILES string of the molecule is [2H]c1c([2H])c([2H])c(-c2cccc(-c3c([2H])c([2H])c([2H])c([2H])c3[2H])c2-[n+]2[c-]n(-c3[c-]c(Oc4[c-]c5c(cc4)c4cc(C(C)(C)C)ccc4n5-c4cc(CC)c(-c5ccccc5)cn4)ccc3)c3ccccc32)c([2H])c1[2H].[Pt]. The molecule has 0 aliphatic rings.